The van der Waals surface area contributed by atoms with Gasteiger partial charge in [-0.15, -0.1) is 0 Å². The van der Waals surface area contributed by atoms with Crippen LogP contribution in [0.1, 0.15) is 0 Å². The second-order valence-corrected chi connectivity index (χ2v) is 3.19. The van der Waals surface area contributed by atoms with Crippen molar-refractivity contribution in [3.63, 3.8) is 0 Å². The molecule has 0 aromatic carbocycles. The van der Waals surface area contributed by atoms with Gasteiger partial charge in [0, 0.05) is 26.7 Å². The van der Waals surface area contributed by atoms with Gasteiger partial charge >= 0.3 is 5.69 Å². The summed E-state index contributed by atoms with van der Waals surface area (Å²) in [5.41, 5.74) is -0.117. The van der Waals surface area contributed by atoms with E-state index in [9.17, 15) is 10.1 Å². The van der Waals surface area contributed by atoms with Crippen LogP contribution in [0.3, 0.4) is 0 Å². The summed E-state index contributed by atoms with van der Waals surface area (Å²) in [7, 11) is 1.64. The topological polar surface area (TPSA) is 102 Å². The summed E-state index contributed by atoms with van der Waals surface area (Å²) in [5.74, 6) is 0.379. The highest BCUT2D eigenvalue weighted by molar-refractivity contribution is 5.30. The first-order chi connectivity index (χ1) is 8.24. The van der Waals surface area contributed by atoms with Crippen molar-refractivity contribution >= 4 is 11.6 Å². The molecule has 0 aliphatic carbocycles. The Bertz CT molecular complexity index is 343. The summed E-state index contributed by atoms with van der Waals surface area (Å²) in [5, 5.41) is 16.4. The zero-order valence-electron chi connectivity index (χ0n) is 9.55. The summed E-state index contributed by atoms with van der Waals surface area (Å²) in [6, 6.07) is 0. The minimum Gasteiger partial charge on any atom is -0.383 e. The molecule has 1 aromatic rings. The maximum Gasteiger partial charge on any atom is 0.305 e. The van der Waals surface area contributed by atoms with E-state index >= 15 is 0 Å². The molecule has 1 rings (SSSR count). The molecule has 0 amide bonds. The number of aromatic nitrogens is 2. The van der Waals surface area contributed by atoms with Gasteiger partial charge in [-0.25, -0.2) is 9.97 Å². The van der Waals surface area contributed by atoms with Crippen LogP contribution in [-0.2, 0) is 4.74 Å². The van der Waals surface area contributed by atoms with E-state index in [1.165, 1.54) is 12.4 Å². The first-order valence-electron chi connectivity index (χ1n) is 5.14. The molecule has 0 spiro atoms. The van der Waals surface area contributed by atoms with Crippen LogP contribution in [0.2, 0.25) is 0 Å². The summed E-state index contributed by atoms with van der Waals surface area (Å²) in [4.78, 5) is 17.5. The lowest BCUT2D eigenvalue weighted by molar-refractivity contribution is -0.385. The molecule has 0 aliphatic heterocycles. The molecule has 0 saturated carbocycles. The van der Waals surface area contributed by atoms with Crippen LogP contribution >= 0.6 is 0 Å². The third kappa shape index (κ3) is 5.18. The number of hydrogen-bond donors (Lipinski definition) is 2. The van der Waals surface area contributed by atoms with Crippen LogP contribution in [0, 0.1) is 10.1 Å². The minimum atomic E-state index is -0.532. The molecule has 0 bridgehead atoms. The van der Waals surface area contributed by atoms with Crippen LogP contribution in [0.25, 0.3) is 0 Å². The molecular formula is C9H15N5O3. The second kappa shape index (κ2) is 7.47. The molecule has 0 atom stereocenters. The fourth-order valence-electron chi connectivity index (χ4n) is 1.07. The van der Waals surface area contributed by atoms with E-state index in [2.05, 4.69) is 20.6 Å². The smallest absolute Gasteiger partial charge is 0.305 e. The number of anilines is 1. The molecule has 1 heterocycles. The van der Waals surface area contributed by atoms with Gasteiger partial charge in [0.05, 0.1) is 11.5 Å². The maximum atomic E-state index is 10.4. The van der Waals surface area contributed by atoms with Crippen molar-refractivity contribution in [2.24, 2.45) is 0 Å². The van der Waals surface area contributed by atoms with Gasteiger partial charge in [0.1, 0.15) is 12.4 Å². The molecule has 17 heavy (non-hydrogen) atoms. The van der Waals surface area contributed by atoms with Crippen molar-refractivity contribution in [2.45, 2.75) is 0 Å². The van der Waals surface area contributed by atoms with E-state index in [0.717, 1.165) is 13.1 Å². The molecule has 0 aliphatic rings. The van der Waals surface area contributed by atoms with Crippen molar-refractivity contribution in [1.82, 2.24) is 15.3 Å². The van der Waals surface area contributed by atoms with Gasteiger partial charge in [-0.05, 0) is 0 Å². The molecule has 0 unspecified atom stereocenters. The SMILES string of the molecule is COCCNCCNc1ncc([N+](=O)[O-])cn1. The van der Waals surface area contributed by atoms with Gasteiger partial charge in [-0.1, -0.05) is 0 Å². The lowest BCUT2D eigenvalue weighted by Crippen LogP contribution is -2.25. The Morgan fingerprint density at radius 2 is 2.06 bits per heavy atom. The van der Waals surface area contributed by atoms with Gasteiger partial charge < -0.3 is 15.4 Å². The third-order valence-electron chi connectivity index (χ3n) is 1.92. The van der Waals surface area contributed by atoms with Crippen LogP contribution in [0.15, 0.2) is 12.4 Å². The molecule has 8 nitrogen and oxygen atoms in total. The van der Waals surface area contributed by atoms with Crippen molar-refractivity contribution in [1.29, 1.82) is 0 Å². The predicted molar refractivity (Wildman–Crippen MR) is 61.9 cm³/mol. The average Bonchev–Trinajstić information content (AvgIpc) is 2.34. The number of hydrogen-bond acceptors (Lipinski definition) is 7. The largest absolute Gasteiger partial charge is 0.383 e. The van der Waals surface area contributed by atoms with Crippen LogP contribution in [-0.4, -0.2) is 48.2 Å². The highest BCUT2D eigenvalue weighted by atomic mass is 16.6. The lowest BCUT2D eigenvalue weighted by Gasteiger charge is -2.05. The van der Waals surface area contributed by atoms with E-state index in [1.807, 2.05) is 0 Å². The number of nitro groups is 1. The normalized spacial score (nSPS) is 10.2. The van der Waals surface area contributed by atoms with Crippen LogP contribution in [0.5, 0.6) is 0 Å². The fourth-order valence-corrected chi connectivity index (χ4v) is 1.07. The molecular weight excluding hydrogens is 226 g/mol. The number of ether oxygens (including phenoxy) is 1. The molecule has 0 fully saturated rings. The summed E-state index contributed by atoms with van der Waals surface area (Å²) in [6.07, 6.45) is 2.35. The maximum absolute atomic E-state index is 10.4. The fraction of sp³-hybridized carbons (Fsp3) is 0.556. The Morgan fingerprint density at radius 1 is 1.35 bits per heavy atom. The van der Waals surface area contributed by atoms with Crippen molar-refractivity contribution in [3.05, 3.63) is 22.5 Å². The highest BCUT2D eigenvalue weighted by Crippen LogP contribution is 2.07. The number of nitrogens with one attached hydrogen (secondary N) is 2. The van der Waals surface area contributed by atoms with Gasteiger partial charge in [0.2, 0.25) is 5.95 Å². The van der Waals surface area contributed by atoms with Gasteiger partial charge in [0.15, 0.2) is 0 Å². The van der Waals surface area contributed by atoms with E-state index < -0.39 is 4.92 Å². The van der Waals surface area contributed by atoms with Crippen molar-refractivity contribution < 1.29 is 9.66 Å². The quantitative estimate of drug-likeness (QED) is 0.376. The molecule has 0 saturated heterocycles. The first kappa shape index (κ1) is 13.3. The average molecular weight is 241 g/mol. The van der Waals surface area contributed by atoms with Crippen LogP contribution in [0.4, 0.5) is 11.6 Å². The summed E-state index contributed by atoms with van der Waals surface area (Å²) < 4.78 is 4.87. The minimum absolute atomic E-state index is 0.117. The van der Waals surface area contributed by atoms with Crippen LogP contribution < -0.4 is 10.6 Å². The van der Waals surface area contributed by atoms with Crippen molar-refractivity contribution in [2.75, 3.05) is 38.7 Å². The molecule has 0 radical (unpaired) electrons. The van der Waals surface area contributed by atoms with Crippen molar-refractivity contribution in [3.8, 4) is 0 Å². The van der Waals surface area contributed by atoms with Gasteiger partial charge in [-0.3, -0.25) is 10.1 Å². The second-order valence-electron chi connectivity index (χ2n) is 3.19. The van der Waals surface area contributed by atoms with E-state index in [1.54, 1.807) is 7.11 Å². The zero-order valence-corrected chi connectivity index (χ0v) is 9.55. The molecule has 8 heteroatoms. The molecule has 2 N–H and O–H groups in total. The summed E-state index contributed by atoms with van der Waals surface area (Å²) in [6.45, 7) is 2.82. The monoisotopic (exact) mass is 241 g/mol. The standard InChI is InChI=1S/C9H15N5O3/c1-17-5-4-10-2-3-11-9-12-6-8(7-13-9)14(15)16/h6-7,10H,2-5H2,1H3,(H,11,12,13). The van der Waals surface area contributed by atoms with E-state index in [0.29, 0.717) is 19.1 Å². The Hall–Kier alpha value is -1.80. The van der Waals surface area contributed by atoms with Gasteiger partial charge in [0.25, 0.3) is 0 Å². The Morgan fingerprint density at radius 3 is 2.65 bits per heavy atom. The third-order valence-corrected chi connectivity index (χ3v) is 1.92. The lowest BCUT2D eigenvalue weighted by atomic mass is 10.5. The highest BCUT2D eigenvalue weighted by Gasteiger charge is 2.05. The first-order valence-corrected chi connectivity index (χ1v) is 5.14. The van der Waals surface area contributed by atoms with E-state index in [4.69, 9.17) is 4.74 Å². The Labute approximate surface area is 98.6 Å². The van der Waals surface area contributed by atoms with E-state index in [-0.39, 0.29) is 5.69 Å². The predicted octanol–water partition coefficient (Wildman–Crippen LogP) is 0.0327. The number of methoxy groups -OCH3 is 1. The molecule has 94 valence electrons. The number of rotatable bonds is 8. The Balaban J connectivity index is 2.21. The molecule has 1 aromatic heterocycles. The van der Waals surface area contributed by atoms with Gasteiger partial charge in [-0.2, -0.15) is 0 Å². The summed E-state index contributed by atoms with van der Waals surface area (Å²) >= 11 is 0. The zero-order chi connectivity index (χ0) is 12.5. The Kier molecular flexibility index (Phi) is 5.83. The number of nitrogens with zero attached hydrogens (tertiary/aromatic N) is 3.